The number of aromatic nitrogens is 3. The van der Waals surface area contributed by atoms with Crippen LogP contribution in [-0.4, -0.2) is 14.8 Å². The molecule has 0 spiro atoms. The molecule has 1 aromatic heterocycles. The molecule has 1 heterocycles. The zero-order chi connectivity index (χ0) is 11.7. The summed E-state index contributed by atoms with van der Waals surface area (Å²) >= 11 is 8.30. The Bertz CT molecular complexity index is 647. The fraction of sp³-hybridized carbons (Fsp3) is 0.100. The van der Waals surface area contributed by atoms with Gasteiger partial charge in [0.25, 0.3) is 5.56 Å². The Balaban J connectivity index is 2.75. The molecular weight excluding hydrogens is 290 g/mol. The summed E-state index contributed by atoms with van der Waals surface area (Å²) in [6, 6.07) is 7.41. The van der Waals surface area contributed by atoms with Crippen LogP contribution in [0.5, 0.6) is 0 Å². The first-order valence-electron chi connectivity index (χ1n) is 4.52. The number of benzene rings is 1. The predicted octanol–water partition coefficient (Wildman–Crippen LogP) is 2.27. The van der Waals surface area contributed by atoms with Crippen LogP contribution in [-0.2, 0) is 7.05 Å². The van der Waals surface area contributed by atoms with Crippen molar-refractivity contribution in [1.82, 2.24) is 14.8 Å². The highest BCUT2D eigenvalue weighted by Gasteiger charge is 2.09. The molecule has 6 heteroatoms. The van der Waals surface area contributed by atoms with Gasteiger partial charge in [0, 0.05) is 17.1 Å². The topological polar surface area (TPSA) is 50.7 Å². The van der Waals surface area contributed by atoms with Crippen molar-refractivity contribution in [3.63, 3.8) is 0 Å². The van der Waals surface area contributed by atoms with E-state index in [4.69, 9.17) is 12.2 Å². The standard InChI is InChI=1S/C10H8BrN3OS/c1-14-10(16)12-9(15)8(13-14)6-4-2-3-5-7(6)11/h2-5H,1H3,(H,12,15,16). The molecule has 0 unspecified atom stereocenters. The first-order chi connectivity index (χ1) is 7.59. The maximum atomic E-state index is 11.7. The van der Waals surface area contributed by atoms with Crippen LogP contribution >= 0.6 is 28.1 Å². The van der Waals surface area contributed by atoms with Gasteiger partial charge < -0.3 is 0 Å². The Hall–Kier alpha value is -1.27. The molecular formula is C10H8BrN3OS. The van der Waals surface area contributed by atoms with E-state index in [2.05, 4.69) is 26.0 Å². The molecule has 0 aliphatic heterocycles. The highest BCUT2D eigenvalue weighted by molar-refractivity contribution is 9.10. The highest BCUT2D eigenvalue weighted by atomic mass is 79.9. The van der Waals surface area contributed by atoms with E-state index in [0.717, 1.165) is 10.0 Å². The fourth-order valence-corrected chi connectivity index (χ4v) is 1.91. The molecule has 0 fully saturated rings. The summed E-state index contributed by atoms with van der Waals surface area (Å²) in [6.45, 7) is 0. The Morgan fingerprint density at radius 2 is 2.12 bits per heavy atom. The number of aryl methyl sites for hydroxylation is 1. The molecule has 4 nitrogen and oxygen atoms in total. The zero-order valence-corrected chi connectivity index (χ0v) is 10.8. The minimum atomic E-state index is -0.282. The van der Waals surface area contributed by atoms with Crippen LogP contribution in [0, 0.1) is 4.77 Å². The summed E-state index contributed by atoms with van der Waals surface area (Å²) in [4.78, 5) is 14.3. The molecule has 1 N–H and O–H groups in total. The lowest BCUT2D eigenvalue weighted by molar-refractivity contribution is 0.694. The van der Waals surface area contributed by atoms with E-state index in [1.165, 1.54) is 4.68 Å². The van der Waals surface area contributed by atoms with Crippen molar-refractivity contribution in [2.24, 2.45) is 7.05 Å². The van der Waals surface area contributed by atoms with Gasteiger partial charge in [-0.25, -0.2) is 4.68 Å². The second kappa shape index (κ2) is 4.31. The second-order valence-corrected chi connectivity index (χ2v) is 4.45. The third-order valence-electron chi connectivity index (χ3n) is 2.11. The van der Waals surface area contributed by atoms with Gasteiger partial charge in [-0.3, -0.25) is 9.78 Å². The lowest BCUT2D eigenvalue weighted by atomic mass is 10.2. The lowest BCUT2D eigenvalue weighted by Crippen LogP contribution is -2.17. The van der Waals surface area contributed by atoms with E-state index in [1.54, 1.807) is 7.05 Å². The number of hydrogen-bond acceptors (Lipinski definition) is 3. The normalized spacial score (nSPS) is 10.4. The van der Waals surface area contributed by atoms with E-state index in [-0.39, 0.29) is 5.56 Å². The summed E-state index contributed by atoms with van der Waals surface area (Å²) in [7, 11) is 1.69. The lowest BCUT2D eigenvalue weighted by Gasteiger charge is -2.04. The molecule has 1 aromatic carbocycles. The second-order valence-electron chi connectivity index (χ2n) is 3.21. The minimum Gasteiger partial charge on any atom is -0.296 e. The number of rotatable bonds is 1. The summed E-state index contributed by atoms with van der Waals surface area (Å²) < 4.78 is 2.59. The quantitative estimate of drug-likeness (QED) is 0.822. The number of nitrogens with zero attached hydrogens (tertiary/aromatic N) is 2. The van der Waals surface area contributed by atoms with Gasteiger partial charge in [-0.15, -0.1) is 0 Å². The number of nitrogens with one attached hydrogen (secondary N) is 1. The highest BCUT2D eigenvalue weighted by Crippen LogP contribution is 2.23. The Morgan fingerprint density at radius 1 is 1.44 bits per heavy atom. The van der Waals surface area contributed by atoms with Crippen molar-refractivity contribution in [3.05, 3.63) is 43.9 Å². The van der Waals surface area contributed by atoms with Crippen LogP contribution in [0.2, 0.25) is 0 Å². The molecule has 0 aliphatic carbocycles. The zero-order valence-electron chi connectivity index (χ0n) is 8.40. The van der Waals surface area contributed by atoms with Gasteiger partial charge >= 0.3 is 0 Å². The molecule has 16 heavy (non-hydrogen) atoms. The molecule has 0 saturated carbocycles. The Labute approximate surface area is 105 Å². The third-order valence-corrected chi connectivity index (χ3v) is 3.17. The number of aromatic amines is 1. The molecule has 82 valence electrons. The minimum absolute atomic E-state index is 0.282. The SMILES string of the molecule is Cn1nc(-c2ccccc2Br)c(=O)[nH]c1=S. The number of H-pyrrole nitrogens is 1. The molecule has 0 bridgehead atoms. The smallest absolute Gasteiger partial charge is 0.278 e. The van der Waals surface area contributed by atoms with Crippen LogP contribution in [0.1, 0.15) is 0 Å². The van der Waals surface area contributed by atoms with Gasteiger partial charge in [-0.1, -0.05) is 34.1 Å². The summed E-state index contributed by atoms with van der Waals surface area (Å²) in [5, 5.41) is 4.14. The predicted molar refractivity (Wildman–Crippen MR) is 67.8 cm³/mol. The molecule has 0 saturated heterocycles. The van der Waals surface area contributed by atoms with Crippen LogP contribution < -0.4 is 5.56 Å². The fourth-order valence-electron chi connectivity index (χ4n) is 1.31. The van der Waals surface area contributed by atoms with E-state index >= 15 is 0 Å². The maximum Gasteiger partial charge on any atom is 0.278 e. The van der Waals surface area contributed by atoms with Crippen molar-refractivity contribution < 1.29 is 0 Å². The molecule has 0 amide bonds. The summed E-state index contributed by atoms with van der Waals surface area (Å²) in [5.41, 5.74) is 0.813. The van der Waals surface area contributed by atoms with Crippen molar-refractivity contribution in [1.29, 1.82) is 0 Å². The van der Waals surface area contributed by atoms with Gasteiger partial charge in [0.15, 0.2) is 10.5 Å². The van der Waals surface area contributed by atoms with Crippen LogP contribution in [0.15, 0.2) is 33.5 Å². The van der Waals surface area contributed by atoms with Crippen LogP contribution in [0.25, 0.3) is 11.3 Å². The number of halogens is 1. The van der Waals surface area contributed by atoms with E-state index in [9.17, 15) is 4.79 Å². The van der Waals surface area contributed by atoms with Gasteiger partial charge in [-0.2, -0.15) is 5.10 Å². The van der Waals surface area contributed by atoms with Gasteiger partial charge in [0.2, 0.25) is 0 Å². The number of hydrogen-bond donors (Lipinski definition) is 1. The summed E-state index contributed by atoms with van der Waals surface area (Å²) in [6.07, 6.45) is 0. The maximum absolute atomic E-state index is 11.7. The monoisotopic (exact) mass is 297 g/mol. The van der Waals surface area contributed by atoms with E-state index in [1.807, 2.05) is 24.3 Å². The van der Waals surface area contributed by atoms with Crippen molar-refractivity contribution >= 4 is 28.1 Å². The molecule has 0 aliphatic rings. The largest absolute Gasteiger partial charge is 0.296 e. The van der Waals surface area contributed by atoms with Crippen molar-refractivity contribution in [3.8, 4) is 11.3 Å². The average molecular weight is 298 g/mol. The average Bonchev–Trinajstić information content (AvgIpc) is 2.25. The van der Waals surface area contributed by atoms with Crippen molar-refractivity contribution in [2.45, 2.75) is 0 Å². The third kappa shape index (κ3) is 1.98. The first-order valence-corrected chi connectivity index (χ1v) is 5.72. The van der Waals surface area contributed by atoms with E-state index in [0.29, 0.717) is 10.5 Å². The van der Waals surface area contributed by atoms with Crippen LogP contribution in [0.4, 0.5) is 0 Å². The molecule has 0 atom stereocenters. The summed E-state index contributed by atoms with van der Waals surface area (Å²) in [5.74, 6) is 0. The van der Waals surface area contributed by atoms with Gasteiger partial charge in [0.05, 0.1) is 0 Å². The van der Waals surface area contributed by atoms with Crippen molar-refractivity contribution in [2.75, 3.05) is 0 Å². The first kappa shape index (κ1) is 11.2. The molecule has 0 radical (unpaired) electrons. The Kier molecular flexibility index (Phi) is 3.02. The van der Waals surface area contributed by atoms with Gasteiger partial charge in [0.1, 0.15) is 0 Å². The molecule has 2 aromatic rings. The van der Waals surface area contributed by atoms with E-state index < -0.39 is 0 Å². The Morgan fingerprint density at radius 3 is 2.81 bits per heavy atom. The van der Waals surface area contributed by atoms with Gasteiger partial charge in [-0.05, 0) is 18.3 Å². The van der Waals surface area contributed by atoms with Crippen LogP contribution in [0.3, 0.4) is 0 Å². The molecule has 2 rings (SSSR count).